The molecule has 1 atom stereocenters. The summed E-state index contributed by atoms with van der Waals surface area (Å²) < 4.78 is 10.5. The standard InChI is InChI=1S/C15H24N4O3/c1-12-8-13(17-22-12)10-18-3-5-19(6-4-18)15(20)9-14-11-21-7-2-16-14/h8,14,16H,2-7,9-11H2,1H3. The van der Waals surface area contributed by atoms with E-state index in [1.54, 1.807) is 0 Å². The van der Waals surface area contributed by atoms with Crippen molar-refractivity contribution in [3.63, 3.8) is 0 Å². The van der Waals surface area contributed by atoms with Crippen LogP contribution in [0, 0.1) is 6.92 Å². The highest BCUT2D eigenvalue weighted by molar-refractivity contribution is 5.77. The van der Waals surface area contributed by atoms with E-state index < -0.39 is 0 Å². The van der Waals surface area contributed by atoms with Crippen molar-refractivity contribution in [1.29, 1.82) is 0 Å². The highest BCUT2D eigenvalue weighted by atomic mass is 16.5. The first-order chi connectivity index (χ1) is 10.7. The number of carbonyl (C=O) groups is 1. The summed E-state index contributed by atoms with van der Waals surface area (Å²) in [6, 6.07) is 2.13. The molecule has 1 amide bonds. The van der Waals surface area contributed by atoms with Gasteiger partial charge >= 0.3 is 0 Å². The van der Waals surface area contributed by atoms with E-state index in [9.17, 15) is 4.79 Å². The quantitative estimate of drug-likeness (QED) is 0.845. The molecule has 0 bridgehead atoms. The van der Waals surface area contributed by atoms with Crippen molar-refractivity contribution >= 4 is 5.91 Å². The first-order valence-electron chi connectivity index (χ1n) is 7.94. The maximum Gasteiger partial charge on any atom is 0.224 e. The Morgan fingerprint density at radius 3 is 2.86 bits per heavy atom. The number of hydrogen-bond acceptors (Lipinski definition) is 6. The average Bonchev–Trinajstić information content (AvgIpc) is 2.94. The Balaban J connectivity index is 1.41. The number of rotatable bonds is 4. The summed E-state index contributed by atoms with van der Waals surface area (Å²) in [6.07, 6.45) is 0.530. The summed E-state index contributed by atoms with van der Waals surface area (Å²) in [5.41, 5.74) is 0.959. The summed E-state index contributed by atoms with van der Waals surface area (Å²) in [7, 11) is 0. The van der Waals surface area contributed by atoms with Crippen LogP contribution in [0.5, 0.6) is 0 Å². The highest BCUT2D eigenvalue weighted by Gasteiger charge is 2.24. The molecule has 2 aliphatic rings. The van der Waals surface area contributed by atoms with E-state index in [1.165, 1.54) is 0 Å². The van der Waals surface area contributed by atoms with Crippen LogP contribution in [0.1, 0.15) is 17.9 Å². The van der Waals surface area contributed by atoms with E-state index in [-0.39, 0.29) is 11.9 Å². The normalized spacial score (nSPS) is 23.7. The molecular weight excluding hydrogens is 284 g/mol. The Morgan fingerprint density at radius 2 is 2.23 bits per heavy atom. The van der Waals surface area contributed by atoms with Gasteiger partial charge in [-0.3, -0.25) is 9.69 Å². The van der Waals surface area contributed by atoms with E-state index >= 15 is 0 Å². The lowest BCUT2D eigenvalue weighted by Gasteiger charge is -2.35. The third-order valence-electron chi connectivity index (χ3n) is 4.21. The molecule has 1 aromatic rings. The Kier molecular flexibility index (Phi) is 5.07. The largest absolute Gasteiger partial charge is 0.378 e. The second-order valence-electron chi connectivity index (χ2n) is 6.02. The molecule has 3 heterocycles. The summed E-state index contributed by atoms with van der Waals surface area (Å²) >= 11 is 0. The molecule has 2 aliphatic heterocycles. The van der Waals surface area contributed by atoms with E-state index in [2.05, 4.69) is 15.4 Å². The number of aryl methyl sites for hydroxylation is 1. The Labute approximate surface area is 130 Å². The fraction of sp³-hybridized carbons (Fsp3) is 0.733. The first-order valence-corrected chi connectivity index (χ1v) is 7.94. The zero-order valence-corrected chi connectivity index (χ0v) is 13.1. The predicted octanol–water partition coefficient (Wildman–Crippen LogP) is 0.00572. The molecule has 0 radical (unpaired) electrons. The third kappa shape index (κ3) is 4.06. The molecule has 7 heteroatoms. The van der Waals surface area contributed by atoms with E-state index in [4.69, 9.17) is 9.26 Å². The van der Waals surface area contributed by atoms with Crippen LogP contribution >= 0.6 is 0 Å². The van der Waals surface area contributed by atoms with Gasteiger partial charge in [-0.1, -0.05) is 5.16 Å². The van der Waals surface area contributed by atoms with Gasteiger partial charge in [-0.15, -0.1) is 0 Å². The van der Waals surface area contributed by atoms with Gasteiger partial charge in [0.2, 0.25) is 5.91 Å². The summed E-state index contributed by atoms with van der Waals surface area (Å²) in [5, 5.41) is 7.35. The van der Waals surface area contributed by atoms with Crippen molar-refractivity contribution in [1.82, 2.24) is 20.3 Å². The lowest BCUT2D eigenvalue weighted by Crippen LogP contribution is -2.51. The molecule has 1 aromatic heterocycles. The van der Waals surface area contributed by atoms with Gasteiger partial charge in [-0.05, 0) is 6.92 Å². The van der Waals surface area contributed by atoms with Gasteiger partial charge in [0.1, 0.15) is 5.76 Å². The summed E-state index contributed by atoms with van der Waals surface area (Å²) in [5.74, 6) is 1.06. The van der Waals surface area contributed by atoms with Crippen LogP contribution in [-0.4, -0.2) is 72.8 Å². The SMILES string of the molecule is Cc1cc(CN2CCN(C(=O)CC3COCCN3)CC2)no1. The lowest BCUT2D eigenvalue weighted by atomic mass is 10.1. The van der Waals surface area contributed by atoms with Gasteiger partial charge in [-0.2, -0.15) is 0 Å². The van der Waals surface area contributed by atoms with Crippen molar-refractivity contribution in [2.45, 2.75) is 25.9 Å². The van der Waals surface area contributed by atoms with Crippen molar-refractivity contribution in [3.05, 3.63) is 17.5 Å². The smallest absolute Gasteiger partial charge is 0.224 e. The van der Waals surface area contributed by atoms with Crippen LogP contribution in [0.25, 0.3) is 0 Å². The molecule has 1 N–H and O–H groups in total. The first kappa shape index (κ1) is 15.5. The van der Waals surface area contributed by atoms with Crippen molar-refractivity contribution in [2.75, 3.05) is 45.9 Å². The lowest BCUT2D eigenvalue weighted by molar-refractivity contribution is -0.134. The topological polar surface area (TPSA) is 70.8 Å². The maximum absolute atomic E-state index is 12.3. The molecule has 0 saturated carbocycles. The Bertz CT molecular complexity index is 491. The van der Waals surface area contributed by atoms with Crippen LogP contribution in [0.2, 0.25) is 0 Å². The Morgan fingerprint density at radius 1 is 1.41 bits per heavy atom. The number of aromatic nitrogens is 1. The van der Waals surface area contributed by atoms with Gasteiger partial charge in [0.25, 0.3) is 0 Å². The van der Waals surface area contributed by atoms with Crippen LogP contribution in [0.15, 0.2) is 10.6 Å². The van der Waals surface area contributed by atoms with Gasteiger partial charge in [-0.25, -0.2) is 0 Å². The minimum absolute atomic E-state index is 0.164. The Hall–Kier alpha value is -1.44. The van der Waals surface area contributed by atoms with Crippen molar-refractivity contribution in [3.8, 4) is 0 Å². The average molecular weight is 308 g/mol. The van der Waals surface area contributed by atoms with Crippen molar-refractivity contribution in [2.24, 2.45) is 0 Å². The minimum atomic E-state index is 0.164. The number of morpholine rings is 1. The van der Waals surface area contributed by atoms with E-state index in [1.807, 2.05) is 17.9 Å². The second-order valence-corrected chi connectivity index (χ2v) is 6.02. The fourth-order valence-electron chi connectivity index (χ4n) is 2.97. The fourth-order valence-corrected chi connectivity index (χ4v) is 2.97. The van der Waals surface area contributed by atoms with Gasteiger partial charge in [0.15, 0.2) is 0 Å². The molecule has 1 unspecified atom stereocenters. The van der Waals surface area contributed by atoms with Gasteiger partial charge in [0.05, 0.1) is 18.9 Å². The van der Waals surface area contributed by atoms with Crippen molar-refractivity contribution < 1.29 is 14.1 Å². The van der Waals surface area contributed by atoms with Gasteiger partial charge in [0, 0.05) is 57.8 Å². The molecule has 3 rings (SSSR count). The molecule has 0 aliphatic carbocycles. The molecule has 122 valence electrons. The molecular formula is C15H24N4O3. The zero-order chi connectivity index (χ0) is 15.4. The van der Waals surface area contributed by atoms with Crippen LogP contribution in [0.3, 0.4) is 0 Å². The number of amides is 1. The molecule has 2 fully saturated rings. The highest BCUT2D eigenvalue weighted by Crippen LogP contribution is 2.11. The number of carbonyl (C=O) groups excluding carboxylic acids is 1. The number of nitrogens with zero attached hydrogens (tertiary/aromatic N) is 3. The van der Waals surface area contributed by atoms with Crippen LogP contribution in [0.4, 0.5) is 0 Å². The van der Waals surface area contributed by atoms with E-state index in [0.717, 1.165) is 57.3 Å². The van der Waals surface area contributed by atoms with Gasteiger partial charge < -0.3 is 19.5 Å². The predicted molar refractivity (Wildman–Crippen MR) is 80.3 cm³/mol. The monoisotopic (exact) mass is 308 g/mol. The van der Waals surface area contributed by atoms with Crippen LogP contribution < -0.4 is 5.32 Å². The molecule has 0 aromatic carbocycles. The second kappa shape index (κ2) is 7.21. The summed E-state index contributed by atoms with van der Waals surface area (Å²) in [4.78, 5) is 16.6. The maximum atomic E-state index is 12.3. The molecule has 7 nitrogen and oxygen atoms in total. The number of hydrogen-bond donors (Lipinski definition) is 1. The molecule has 2 saturated heterocycles. The molecule has 22 heavy (non-hydrogen) atoms. The third-order valence-corrected chi connectivity index (χ3v) is 4.21. The molecule has 0 spiro atoms. The number of piperazine rings is 1. The van der Waals surface area contributed by atoms with E-state index in [0.29, 0.717) is 13.0 Å². The number of ether oxygens (including phenoxy) is 1. The number of nitrogens with one attached hydrogen (secondary N) is 1. The minimum Gasteiger partial charge on any atom is -0.378 e. The summed E-state index contributed by atoms with van der Waals surface area (Å²) in [6.45, 7) is 8.23. The zero-order valence-electron chi connectivity index (χ0n) is 13.1. The van der Waals surface area contributed by atoms with Crippen LogP contribution in [-0.2, 0) is 16.1 Å².